The molecule has 5 nitrogen and oxygen atoms in total. The number of carbonyl (C=O) groups is 1. The molecule has 0 aliphatic carbocycles. The number of carbonyl (C=O) groups excluding carboxylic acids is 1. The van der Waals surface area contributed by atoms with E-state index in [0.717, 1.165) is 24.4 Å². The first-order chi connectivity index (χ1) is 11.6. The van der Waals surface area contributed by atoms with Crippen LogP contribution in [-0.2, 0) is 0 Å². The molecule has 126 valence electrons. The second-order valence-corrected chi connectivity index (χ2v) is 6.13. The smallest absolute Gasteiger partial charge is 0.256 e. The van der Waals surface area contributed by atoms with Crippen LogP contribution >= 0.6 is 0 Å². The number of aromatic nitrogens is 2. The average molecular weight is 328 g/mol. The van der Waals surface area contributed by atoms with Crippen molar-refractivity contribution in [2.24, 2.45) is 0 Å². The third-order valence-electron chi connectivity index (χ3n) is 4.55. The molecule has 0 unspecified atom stereocenters. The number of rotatable bonds is 3. The van der Waals surface area contributed by atoms with Crippen LogP contribution in [0.5, 0.6) is 0 Å². The Morgan fingerprint density at radius 1 is 1.25 bits per heavy atom. The molecule has 6 heteroatoms. The quantitative estimate of drug-likeness (QED) is 0.869. The third-order valence-corrected chi connectivity index (χ3v) is 4.55. The number of piperidine rings is 1. The second-order valence-electron chi connectivity index (χ2n) is 6.13. The summed E-state index contributed by atoms with van der Waals surface area (Å²) in [5.74, 6) is 0.201. The van der Waals surface area contributed by atoms with Crippen LogP contribution in [0.3, 0.4) is 0 Å². The van der Waals surface area contributed by atoms with E-state index in [1.165, 1.54) is 6.07 Å². The SMILES string of the molecule is Cc1cc(N(C)C2CCN(C(=O)c3ccccc3F)CC2)ncn1. The van der Waals surface area contributed by atoms with Crippen molar-refractivity contribution < 1.29 is 9.18 Å². The highest BCUT2D eigenvalue weighted by molar-refractivity contribution is 5.94. The van der Waals surface area contributed by atoms with Gasteiger partial charge in [-0.2, -0.15) is 0 Å². The van der Waals surface area contributed by atoms with Gasteiger partial charge < -0.3 is 9.80 Å². The number of hydrogen-bond acceptors (Lipinski definition) is 4. The first kappa shape index (κ1) is 16.4. The van der Waals surface area contributed by atoms with Gasteiger partial charge >= 0.3 is 0 Å². The molecule has 0 bridgehead atoms. The van der Waals surface area contributed by atoms with Crippen LogP contribution in [0.25, 0.3) is 0 Å². The molecule has 1 aromatic heterocycles. The molecule has 0 spiro atoms. The Morgan fingerprint density at radius 3 is 2.62 bits per heavy atom. The minimum absolute atomic E-state index is 0.149. The first-order valence-corrected chi connectivity index (χ1v) is 8.11. The van der Waals surface area contributed by atoms with E-state index in [9.17, 15) is 9.18 Å². The number of anilines is 1. The number of likely N-dealkylation sites (tertiary alicyclic amines) is 1. The van der Waals surface area contributed by atoms with E-state index >= 15 is 0 Å². The Hall–Kier alpha value is -2.50. The normalized spacial score (nSPS) is 15.4. The van der Waals surface area contributed by atoms with Crippen LogP contribution in [0, 0.1) is 12.7 Å². The lowest BCUT2D eigenvalue weighted by Crippen LogP contribution is -2.46. The molecule has 2 heterocycles. The summed E-state index contributed by atoms with van der Waals surface area (Å²) in [6.45, 7) is 3.17. The Bertz CT molecular complexity index is 728. The summed E-state index contributed by atoms with van der Waals surface area (Å²) in [7, 11) is 2.01. The van der Waals surface area contributed by atoms with Gasteiger partial charge in [0.15, 0.2) is 0 Å². The van der Waals surface area contributed by atoms with Crippen LogP contribution in [0.1, 0.15) is 28.9 Å². The molecule has 3 rings (SSSR count). The number of aryl methyl sites for hydroxylation is 1. The maximum absolute atomic E-state index is 13.8. The standard InChI is InChI=1S/C18H21FN4O/c1-13-11-17(21-12-20-13)22(2)14-7-9-23(10-8-14)18(24)15-5-3-4-6-16(15)19/h3-6,11-12,14H,7-10H2,1-2H3. The van der Waals surface area contributed by atoms with E-state index in [-0.39, 0.29) is 11.5 Å². The monoisotopic (exact) mass is 328 g/mol. The summed E-state index contributed by atoms with van der Waals surface area (Å²) in [5, 5.41) is 0. The first-order valence-electron chi connectivity index (χ1n) is 8.11. The van der Waals surface area contributed by atoms with E-state index in [2.05, 4.69) is 14.9 Å². The molecule has 0 N–H and O–H groups in total. The second kappa shape index (κ2) is 6.95. The summed E-state index contributed by atoms with van der Waals surface area (Å²) in [6.07, 6.45) is 3.23. The van der Waals surface area contributed by atoms with Crippen molar-refractivity contribution in [1.82, 2.24) is 14.9 Å². The van der Waals surface area contributed by atoms with Crippen molar-refractivity contribution >= 4 is 11.7 Å². The number of benzene rings is 1. The van der Waals surface area contributed by atoms with Gasteiger partial charge in [-0.25, -0.2) is 14.4 Å². The fourth-order valence-electron chi connectivity index (χ4n) is 3.08. The highest BCUT2D eigenvalue weighted by Crippen LogP contribution is 2.22. The highest BCUT2D eigenvalue weighted by atomic mass is 19.1. The fourth-order valence-corrected chi connectivity index (χ4v) is 3.08. The largest absolute Gasteiger partial charge is 0.356 e. The van der Waals surface area contributed by atoms with Crippen LogP contribution < -0.4 is 4.90 Å². The van der Waals surface area contributed by atoms with Gasteiger partial charge in [0.05, 0.1) is 5.56 Å². The molecule has 2 aromatic rings. The van der Waals surface area contributed by atoms with Crippen LogP contribution in [0.4, 0.5) is 10.2 Å². The summed E-state index contributed by atoms with van der Waals surface area (Å²) in [6, 6.07) is 8.41. The molecule has 1 saturated heterocycles. The number of halogens is 1. The lowest BCUT2D eigenvalue weighted by atomic mass is 10.0. The molecule has 0 saturated carbocycles. The van der Waals surface area contributed by atoms with E-state index in [4.69, 9.17) is 0 Å². The lowest BCUT2D eigenvalue weighted by molar-refractivity contribution is 0.0708. The van der Waals surface area contributed by atoms with E-state index in [1.807, 2.05) is 20.0 Å². The molecule has 1 aliphatic rings. The van der Waals surface area contributed by atoms with Crippen molar-refractivity contribution in [2.45, 2.75) is 25.8 Å². The summed E-state index contributed by atoms with van der Waals surface area (Å²) >= 11 is 0. The molecule has 0 atom stereocenters. The predicted molar refractivity (Wildman–Crippen MR) is 90.5 cm³/mol. The van der Waals surface area contributed by atoms with Crippen molar-refractivity contribution in [1.29, 1.82) is 0 Å². The minimum atomic E-state index is -0.460. The fraction of sp³-hybridized carbons (Fsp3) is 0.389. The van der Waals surface area contributed by atoms with Gasteiger partial charge in [-0.3, -0.25) is 4.79 Å². The number of hydrogen-bond donors (Lipinski definition) is 0. The van der Waals surface area contributed by atoms with Gasteiger partial charge in [0, 0.05) is 37.9 Å². The average Bonchev–Trinajstić information content (AvgIpc) is 2.61. The summed E-state index contributed by atoms with van der Waals surface area (Å²) in [4.78, 5) is 24.8. The van der Waals surface area contributed by atoms with Crippen LogP contribution in [0.15, 0.2) is 36.7 Å². The molecular weight excluding hydrogens is 307 g/mol. The molecule has 1 aromatic carbocycles. The van der Waals surface area contributed by atoms with Gasteiger partial charge in [0.25, 0.3) is 5.91 Å². The molecule has 1 amide bonds. The molecule has 24 heavy (non-hydrogen) atoms. The minimum Gasteiger partial charge on any atom is -0.356 e. The topological polar surface area (TPSA) is 49.3 Å². The Kier molecular flexibility index (Phi) is 4.74. The van der Waals surface area contributed by atoms with Gasteiger partial charge in [0.2, 0.25) is 0 Å². The van der Waals surface area contributed by atoms with E-state index in [1.54, 1.807) is 29.4 Å². The van der Waals surface area contributed by atoms with Gasteiger partial charge in [-0.15, -0.1) is 0 Å². The number of nitrogens with zero attached hydrogens (tertiary/aromatic N) is 4. The van der Waals surface area contributed by atoms with E-state index < -0.39 is 5.82 Å². The summed E-state index contributed by atoms with van der Waals surface area (Å²) in [5.41, 5.74) is 1.08. The maximum atomic E-state index is 13.8. The van der Waals surface area contributed by atoms with E-state index in [0.29, 0.717) is 19.1 Å². The van der Waals surface area contributed by atoms with Crippen LogP contribution in [0.2, 0.25) is 0 Å². The Balaban J connectivity index is 1.63. The van der Waals surface area contributed by atoms with Gasteiger partial charge in [-0.05, 0) is 31.9 Å². The zero-order valence-corrected chi connectivity index (χ0v) is 13.9. The highest BCUT2D eigenvalue weighted by Gasteiger charge is 2.27. The molecule has 1 aliphatic heterocycles. The van der Waals surface area contributed by atoms with Crippen molar-refractivity contribution in [3.8, 4) is 0 Å². The van der Waals surface area contributed by atoms with Crippen molar-refractivity contribution in [3.63, 3.8) is 0 Å². The van der Waals surface area contributed by atoms with Crippen LogP contribution in [-0.4, -0.2) is 47.0 Å². The Labute approximate surface area is 141 Å². The Morgan fingerprint density at radius 2 is 1.96 bits per heavy atom. The third kappa shape index (κ3) is 3.37. The lowest BCUT2D eigenvalue weighted by Gasteiger charge is -2.37. The van der Waals surface area contributed by atoms with Crippen molar-refractivity contribution in [2.75, 3.05) is 25.0 Å². The number of amides is 1. The molecule has 1 fully saturated rings. The summed E-state index contributed by atoms with van der Waals surface area (Å²) < 4.78 is 13.8. The zero-order valence-electron chi connectivity index (χ0n) is 13.9. The van der Waals surface area contributed by atoms with Gasteiger partial charge in [0.1, 0.15) is 18.0 Å². The molecule has 0 radical (unpaired) electrons. The van der Waals surface area contributed by atoms with Gasteiger partial charge in [-0.1, -0.05) is 12.1 Å². The maximum Gasteiger partial charge on any atom is 0.256 e. The zero-order chi connectivity index (χ0) is 17.1. The van der Waals surface area contributed by atoms with Crippen molar-refractivity contribution in [3.05, 3.63) is 53.7 Å². The molecular formula is C18H21FN4O. The predicted octanol–water partition coefficient (Wildman–Crippen LogP) is 2.67.